The Bertz CT molecular complexity index is 823. The summed E-state index contributed by atoms with van der Waals surface area (Å²) < 4.78 is 43.7. The Morgan fingerprint density at radius 3 is 2.24 bits per heavy atom. The average Bonchev–Trinajstić information content (AvgIpc) is 2.85. The third-order valence-corrected chi connectivity index (χ3v) is 4.12. The summed E-state index contributed by atoms with van der Waals surface area (Å²) in [6.07, 6.45) is -6.21. The first kappa shape index (κ1) is 18.7. The minimum atomic E-state index is -4.89. The third kappa shape index (κ3) is 4.27. The van der Waals surface area contributed by atoms with Gasteiger partial charge in [-0.1, -0.05) is 29.0 Å². The Kier molecular flexibility index (Phi) is 5.02. The molecule has 2 aromatic rings. The number of nitrogens with zero attached hydrogens (tertiary/aromatic N) is 1. The molecule has 0 saturated heterocycles. The van der Waals surface area contributed by atoms with Crippen molar-refractivity contribution in [1.29, 1.82) is 0 Å². The van der Waals surface area contributed by atoms with Crippen molar-refractivity contribution in [2.24, 2.45) is 5.73 Å². The maximum absolute atomic E-state index is 13.1. The topological polar surface area (TPSA) is 94.3 Å². The molecule has 0 radical (unpaired) electrons. The highest BCUT2D eigenvalue weighted by atomic mass is 32.1. The number of ether oxygens (including phenoxy) is 1. The largest absolute Gasteiger partial charge is 0.435 e. The van der Waals surface area contributed by atoms with E-state index in [4.69, 9.17) is 5.73 Å². The van der Waals surface area contributed by atoms with E-state index < -0.39 is 33.9 Å². The Labute approximate surface area is 144 Å². The molecule has 0 bridgehead atoms. The number of rotatable bonds is 3. The minimum Gasteiger partial charge on any atom is -0.381 e. The minimum absolute atomic E-state index is 0.291. The zero-order valence-corrected chi connectivity index (χ0v) is 14.3. The van der Waals surface area contributed by atoms with Gasteiger partial charge in [0.25, 0.3) is 11.1 Å². The lowest BCUT2D eigenvalue weighted by Crippen LogP contribution is -2.18. The number of aromatic nitrogens is 1. The van der Waals surface area contributed by atoms with Crippen molar-refractivity contribution < 1.29 is 27.5 Å². The van der Waals surface area contributed by atoms with Crippen LogP contribution in [0.2, 0.25) is 0 Å². The maximum atomic E-state index is 13.1. The van der Waals surface area contributed by atoms with Crippen LogP contribution in [0.4, 0.5) is 23.7 Å². The standard InChI is InChI=1S/C15H14F3N3O3S/c1-6-4-7(2)9(8(3)5-6)20-12(22)10-11(15(16,17)18)21-14(25-10)24-13(19)23/h4-5H,1-3H3,(H2,19,23)(H,20,22). The molecule has 6 nitrogen and oxygen atoms in total. The summed E-state index contributed by atoms with van der Waals surface area (Å²) in [4.78, 5) is 25.5. The molecule has 2 amide bonds. The highest BCUT2D eigenvalue weighted by molar-refractivity contribution is 7.15. The Balaban J connectivity index is 2.42. The van der Waals surface area contributed by atoms with Crippen molar-refractivity contribution in [2.45, 2.75) is 26.9 Å². The molecular weight excluding hydrogens is 359 g/mol. The van der Waals surface area contributed by atoms with Crippen LogP contribution in [-0.2, 0) is 6.18 Å². The van der Waals surface area contributed by atoms with Crippen LogP contribution in [-0.4, -0.2) is 17.0 Å². The van der Waals surface area contributed by atoms with E-state index in [-0.39, 0.29) is 0 Å². The lowest BCUT2D eigenvalue weighted by Gasteiger charge is -2.13. The number of anilines is 1. The van der Waals surface area contributed by atoms with E-state index in [1.54, 1.807) is 26.0 Å². The number of halogens is 3. The molecule has 0 aliphatic rings. The first-order chi connectivity index (χ1) is 11.5. The fourth-order valence-electron chi connectivity index (χ4n) is 2.32. The van der Waals surface area contributed by atoms with Gasteiger partial charge in [0, 0.05) is 5.69 Å². The summed E-state index contributed by atoms with van der Waals surface area (Å²) in [6, 6.07) is 3.59. The number of carbonyl (C=O) groups is 2. The van der Waals surface area contributed by atoms with E-state index in [1.165, 1.54) is 0 Å². The molecule has 1 aromatic heterocycles. The molecule has 0 spiro atoms. The summed E-state index contributed by atoms with van der Waals surface area (Å²) >= 11 is 0.291. The van der Waals surface area contributed by atoms with Gasteiger partial charge < -0.3 is 15.8 Å². The quantitative estimate of drug-likeness (QED) is 0.856. The van der Waals surface area contributed by atoms with Crippen molar-refractivity contribution >= 4 is 29.0 Å². The van der Waals surface area contributed by atoms with Gasteiger partial charge in [-0.2, -0.15) is 18.2 Å². The Hall–Kier alpha value is -2.62. The van der Waals surface area contributed by atoms with E-state index in [9.17, 15) is 22.8 Å². The number of thiazole rings is 1. The lowest BCUT2D eigenvalue weighted by molar-refractivity contribution is -0.141. The molecule has 10 heteroatoms. The molecule has 0 aliphatic carbocycles. The van der Waals surface area contributed by atoms with Gasteiger partial charge in [0.1, 0.15) is 4.88 Å². The smallest absolute Gasteiger partial charge is 0.381 e. The van der Waals surface area contributed by atoms with Crippen LogP contribution >= 0.6 is 11.3 Å². The number of benzene rings is 1. The van der Waals surface area contributed by atoms with Crippen LogP contribution in [0.15, 0.2) is 12.1 Å². The fraction of sp³-hybridized carbons (Fsp3) is 0.267. The molecular formula is C15H14F3N3O3S. The predicted molar refractivity (Wildman–Crippen MR) is 85.9 cm³/mol. The van der Waals surface area contributed by atoms with Crippen molar-refractivity contribution in [3.8, 4) is 5.19 Å². The summed E-state index contributed by atoms with van der Waals surface area (Å²) in [7, 11) is 0. The number of primary amides is 1. The maximum Gasteiger partial charge on any atom is 0.435 e. The summed E-state index contributed by atoms with van der Waals surface area (Å²) in [6.45, 7) is 5.33. The number of nitrogens with one attached hydrogen (secondary N) is 1. The van der Waals surface area contributed by atoms with Gasteiger partial charge in [-0.3, -0.25) is 4.79 Å². The number of amides is 2. The average molecular weight is 373 g/mol. The molecule has 0 atom stereocenters. The van der Waals surface area contributed by atoms with Crippen LogP contribution in [0.1, 0.15) is 32.1 Å². The van der Waals surface area contributed by atoms with E-state index >= 15 is 0 Å². The highest BCUT2D eigenvalue weighted by Crippen LogP contribution is 2.37. The first-order valence-corrected chi connectivity index (χ1v) is 7.75. The molecule has 3 N–H and O–H groups in total. The third-order valence-electron chi connectivity index (χ3n) is 3.19. The highest BCUT2D eigenvalue weighted by Gasteiger charge is 2.40. The zero-order chi connectivity index (χ0) is 18.9. The molecule has 2 rings (SSSR count). The van der Waals surface area contributed by atoms with Gasteiger partial charge >= 0.3 is 12.3 Å². The number of hydrogen-bond acceptors (Lipinski definition) is 5. The van der Waals surface area contributed by atoms with Crippen LogP contribution in [0, 0.1) is 20.8 Å². The molecule has 134 valence electrons. The first-order valence-electron chi connectivity index (χ1n) is 6.93. The van der Waals surface area contributed by atoms with Gasteiger partial charge in [-0.05, 0) is 31.9 Å². The van der Waals surface area contributed by atoms with Crippen LogP contribution in [0.3, 0.4) is 0 Å². The van der Waals surface area contributed by atoms with Crippen LogP contribution < -0.4 is 15.8 Å². The number of nitrogens with two attached hydrogens (primary N) is 1. The number of aryl methyl sites for hydroxylation is 3. The second-order valence-electron chi connectivity index (χ2n) is 5.30. The van der Waals surface area contributed by atoms with Crippen LogP contribution in [0.25, 0.3) is 0 Å². The van der Waals surface area contributed by atoms with E-state index in [1.807, 2.05) is 6.92 Å². The SMILES string of the molecule is Cc1cc(C)c(NC(=O)c2sc(OC(N)=O)nc2C(F)(F)F)c(C)c1. The van der Waals surface area contributed by atoms with E-state index in [0.717, 1.165) is 5.56 Å². The molecule has 0 aliphatic heterocycles. The second-order valence-corrected chi connectivity index (χ2v) is 6.27. The molecule has 0 unspecified atom stereocenters. The Morgan fingerprint density at radius 2 is 1.76 bits per heavy atom. The second kappa shape index (κ2) is 6.71. The molecule has 1 aromatic carbocycles. The van der Waals surface area contributed by atoms with Crippen molar-refractivity contribution in [1.82, 2.24) is 4.98 Å². The van der Waals surface area contributed by atoms with Gasteiger partial charge in [0.05, 0.1) is 0 Å². The molecule has 0 fully saturated rings. The summed E-state index contributed by atoms with van der Waals surface area (Å²) in [5.74, 6) is -1.00. The molecule has 25 heavy (non-hydrogen) atoms. The van der Waals surface area contributed by atoms with Crippen LogP contribution in [0.5, 0.6) is 5.19 Å². The normalized spacial score (nSPS) is 11.3. The van der Waals surface area contributed by atoms with Crippen molar-refractivity contribution in [3.05, 3.63) is 39.4 Å². The van der Waals surface area contributed by atoms with E-state index in [0.29, 0.717) is 28.2 Å². The Morgan fingerprint density at radius 1 is 1.20 bits per heavy atom. The van der Waals surface area contributed by atoms with Gasteiger partial charge in [0.15, 0.2) is 5.69 Å². The van der Waals surface area contributed by atoms with Gasteiger partial charge in [-0.15, -0.1) is 0 Å². The predicted octanol–water partition coefficient (Wildman–Crippen LogP) is 3.80. The summed E-state index contributed by atoms with van der Waals surface area (Å²) in [5, 5.41) is 1.81. The van der Waals surface area contributed by atoms with Crippen molar-refractivity contribution in [2.75, 3.05) is 5.32 Å². The molecule has 1 heterocycles. The van der Waals surface area contributed by atoms with Gasteiger partial charge in [-0.25, -0.2) is 4.79 Å². The van der Waals surface area contributed by atoms with E-state index in [2.05, 4.69) is 15.0 Å². The molecule has 0 saturated carbocycles. The van der Waals surface area contributed by atoms with Gasteiger partial charge in [0.2, 0.25) is 0 Å². The number of hydrogen-bond donors (Lipinski definition) is 2. The number of carbonyl (C=O) groups excluding carboxylic acids is 2. The zero-order valence-electron chi connectivity index (χ0n) is 13.4. The summed E-state index contributed by atoms with van der Waals surface area (Å²) in [5.41, 5.74) is 6.11. The fourth-order valence-corrected chi connectivity index (χ4v) is 3.16. The monoisotopic (exact) mass is 373 g/mol. The number of alkyl halides is 3. The van der Waals surface area contributed by atoms with Crippen molar-refractivity contribution in [3.63, 3.8) is 0 Å². The lowest BCUT2D eigenvalue weighted by atomic mass is 10.1.